The van der Waals surface area contributed by atoms with Crippen molar-refractivity contribution in [2.45, 2.75) is 45.7 Å². The van der Waals surface area contributed by atoms with Crippen LogP contribution in [0.5, 0.6) is 0 Å². The molecule has 1 aliphatic rings. The molecule has 1 rings (SSSR count). The maximum Gasteiger partial charge on any atom is 0.323 e. The molecule has 0 spiro atoms. The van der Waals surface area contributed by atoms with E-state index in [1.54, 1.807) is 0 Å². The van der Waals surface area contributed by atoms with Crippen molar-refractivity contribution >= 4 is 5.97 Å². The summed E-state index contributed by atoms with van der Waals surface area (Å²) in [4.78, 5) is 14.1. The molecule has 2 unspecified atom stereocenters. The Morgan fingerprint density at radius 3 is 2.88 bits per heavy atom. The maximum atomic E-state index is 11.9. The van der Waals surface area contributed by atoms with Gasteiger partial charge < -0.3 is 10.1 Å². The molecule has 16 heavy (non-hydrogen) atoms. The molecule has 1 saturated heterocycles. The first-order chi connectivity index (χ1) is 7.69. The lowest BCUT2D eigenvalue weighted by Crippen LogP contribution is -2.55. The highest BCUT2D eigenvalue weighted by Gasteiger charge is 2.29. The fraction of sp³-hybridized carbons (Fsp3) is 0.917. The van der Waals surface area contributed by atoms with Crippen molar-refractivity contribution in [2.75, 3.05) is 26.2 Å². The molecule has 94 valence electrons. The standard InChI is InChI=1S/C12H24N2O2/c1-4-6-11(12(15)16-5-2)14-8-7-13-10(3)9-14/h10-11,13H,4-9H2,1-3H3. The molecule has 1 N–H and O–H groups in total. The number of ether oxygens (including phenoxy) is 1. The summed E-state index contributed by atoms with van der Waals surface area (Å²) in [5, 5.41) is 3.39. The number of carbonyl (C=O) groups excluding carboxylic acids is 1. The van der Waals surface area contributed by atoms with E-state index in [0.717, 1.165) is 32.5 Å². The monoisotopic (exact) mass is 228 g/mol. The lowest BCUT2D eigenvalue weighted by Gasteiger charge is -2.36. The second-order valence-electron chi connectivity index (χ2n) is 4.41. The van der Waals surface area contributed by atoms with Gasteiger partial charge in [0.2, 0.25) is 0 Å². The van der Waals surface area contributed by atoms with Crippen molar-refractivity contribution in [1.82, 2.24) is 10.2 Å². The van der Waals surface area contributed by atoms with Gasteiger partial charge in [0.05, 0.1) is 6.61 Å². The molecule has 0 saturated carbocycles. The van der Waals surface area contributed by atoms with Gasteiger partial charge in [0.25, 0.3) is 0 Å². The normalized spacial score (nSPS) is 24.1. The van der Waals surface area contributed by atoms with Gasteiger partial charge in [-0.1, -0.05) is 13.3 Å². The van der Waals surface area contributed by atoms with Gasteiger partial charge in [-0.3, -0.25) is 9.69 Å². The molecule has 1 fully saturated rings. The summed E-state index contributed by atoms with van der Waals surface area (Å²) in [6.07, 6.45) is 1.91. The fourth-order valence-electron chi connectivity index (χ4n) is 2.21. The minimum Gasteiger partial charge on any atom is -0.465 e. The SMILES string of the molecule is CCCC(C(=O)OCC)N1CCNC(C)C1. The van der Waals surface area contributed by atoms with Crippen molar-refractivity contribution in [3.63, 3.8) is 0 Å². The van der Waals surface area contributed by atoms with Crippen molar-refractivity contribution < 1.29 is 9.53 Å². The molecular weight excluding hydrogens is 204 g/mol. The van der Waals surface area contributed by atoms with E-state index < -0.39 is 0 Å². The molecule has 0 radical (unpaired) electrons. The Bertz CT molecular complexity index is 221. The number of nitrogens with one attached hydrogen (secondary N) is 1. The number of rotatable bonds is 5. The van der Waals surface area contributed by atoms with Crippen molar-refractivity contribution in [3.05, 3.63) is 0 Å². The van der Waals surface area contributed by atoms with Gasteiger partial charge in [-0.2, -0.15) is 0 Å². The summed E-state index contributed by atoms with van der Waals surface area (Å²) in [7, 11) is 0. The topological polar surface area (TPSA) is 41.6 Å². The minimum atomic E-state index is -0.0570. The molecule has 0 aliphatic carbocycles. The summed E-state index contributed by atoms with van der Waals surface area (Å²) in [6.45, 7) is 9.43. The molecule has 0 aromatic carbocycles. The first kappa shape index (κ1) is 13.5. The zero-order valence-electron chi connectivity index (χ0n) is 10.7. The van der Waals surface area contributed by atoms with Gasteiger partial charge in [0.15, 0.2) is 0 Å². The molecule has 0 aromatic heterocycles. The van der Waals surface area contributed by atoms with Crippen LogP contribution in [0.3, 0.4) is 0 Å². The fourth-order valence-corrected chi connectivity index (χ4v) is 2.21. The average molecular weight is 228 g/mol. The van der Waals surface area contributed by atoms with Crippen molar-refractivity contribution in [3.8, 4) is 0 Å². The van der Waals surface area contributed by atoms with E-state index >= 15 is 0 Å². The van der Waals surface area contributed by atoms with Crippen LogP contribution in [-0.4, -0.2) is 49.2 Å². The Balaban J connectivity index is 2.56. The van der Waals surface area contributed by atoms with E-state index in [2.05, 4.69) is 24.1 Å². The summed E-state index contributed by atoms with van der Waals surface area (Å²) >= 11 is 0. The first-order valence-electron chi connectivity index (χ1n) is 6.33. The average Bonchev–Trinajstić information content (AvgIpc) is 2.26. The van der Waals surface area contributed by atoms with Gasteiger partial charge in [0, 0.05) is 25.7 Å². The highest BCUT2D eigenvalue weighted by atomic mass is 16.5. The Morgan fingerprint density at radius 1 is 1.56 bits per heavy atom. The molecule has 0 aromatic rings. The van der Waals surface area contributed by atoms with E-state index in [9.17, 15) is 4.79 Å². The number of piperazine rings is 1. The van der Waals surface area contributed by atoms with Crippen LogP contribution in [0, 0.1) is 0 Å². The number of esters is 1. The van der Waals surface area contributed by atoms with Gasteiger partial charge in [-0.05, 0) is 20.3 Å². The highest BCUT2D eigenvalue weighted by molar-refractivity contribution is 5.75. The largest absolute Gasteiger partial charge is 0.465 e. The lowest BCUT2D eigenvalue weighted by molar-refractivity contribution is -0.150. The second-order valence-corrected chi connectivity index (χ2v) is 4.41. The van der Waals surface area contributed by atoms with Crippen molar-refractivity contribution in [1.29, 1.82) is 0 Å². The number of hydrogen-bond acceptors (Lipinski definition) is 4. The number of hydrogen-bond donors (Lipinski definition) is 1. The predicted molar refractivity (Wildman–Crippen MR) is 64.4 cm³/mol. The van der Waals surface area contributed by atoms with Gasteiger partial charge >= 0.3 is 5.97 Å². The molecule has 1 heterocycles. The summed E-state index contributed by atoms with van der Waals surface area (Å²) in [6, 6.07) is 0.414. The summed E-state index contributed by atoms with van der Waals surface area (Å²) in [5.41, 5.74) is 0. The molecule has 2 atom stereocenters. The third-order valence-corrected chi connectivity index (χ3v) is 2.96. The Hall–Kier alpha value is -0.610. The molecule has 4 nitrogen and oxygen atoms in total. The van der Waals surface area contributed by atoms with Gasteiger partial charge in [-0.25, -0.2) is 0 Å². The Morgan fingerprint density at radius 2 is 2.31 bits per heavy atom. The number of carbonyl (C=O) groups is 1. The highest BCUT2D eigenvalue weighted by Crippen LogP contribution is 2.12. The molecular formula is C12H24N2O2. The van der Waals surface area contributed by atoms with Gasteiger partial charge in [-0.15, -0.1) is 0 Å². The molecule has 4 heteroatoms. The third kappa shape index (κ3) is 3.76. The Kier molecular flexibility index (Phi) is 5.77. The predicted octanol–water partition coefficient (Wildman–Crippen LogP) is 1.01. The van der Waals surface area contributed by atoms with E-state index in [4.69, 9.17) is 4.74 Å². The van der Waals surface area contributed by atoms with Crippen LogP contribution in [0.1, 0.15) is 33.6 Å². The van der Waals surface area contributed by atoms with Gasteiger partial charge in [0.1, 0.15) is 6.04 Å². The van der Waals surface area contributed by atoms with Crippen molar-refractivity contribution in [2.24, 2.45) is 0 Å². The minimum absolute atomic E-state index is 0.0468. The zero-order valence-corrected chi connectivity index (χ0v) is 10.7. The lowest BCUT2D eigenvalue weighted by atomic mass is 10.1. The maximum absolute atomic E-state index is 11.9. The molecule has 0 amide bonds. The summed E-state index contributed by atoms with van der Waals surface area (Å²) < 4.78 is 5.14. The zero-order chi connectivity index (χ0) is 12.0. The van der Waals surface area contributed by atoms with Crippen LogP contribution in [0.2, 0.25) is 0 Å². The Labute approximate surface area is 98.3 Å². The second kappa shape index (κ2) is 6.86. The smallest absolute Gasteiger partial charge is 0.323 e. The quantitative estimate of drug-likeness (QED) is 0.713. The van der Waals surface area contributed by atoms with E-state index in [1.165, 1.54) is 0 Å². The molecule has 1 aliphatic heterocycles. The third-order valence-electron chi connectivity index (χ3n) is 2.96. The summed E-state index contributed by atoms with van der Waals surface area (Å²) in [5.74, 6) is -0.0570. The van der Waals surface area contributed by atoms with E-state index in [-0.39, 0.29) is 12.0 Å². The van der Waals surface area contributed by atoms with Crippen LogP contribution >= 0.6 is 0 Å². The van der Waals surface area contributed by atoms with Crippen LogP contribution in [0.25, 0.3) is 0 Å². The van der Waals surface area contributed by atoms with Crippen LogP contribution in [0.4, 0.5) is 0 Å². The van der Waals surface area contributed by atoms with E-state index in [0.29, 0.717) is 12.6 Å². The van der Waals surface area contributed by atoms with Crippen LogP contribution in [0.15, 0.2) is 0 Å². The first-order valence-corrected chi connectivity index (χ1v) is 6.33. The number of nitrogens with zero attached hydrogens (tertiary/aromatic N) is 1. The molecule has 0 bridgehead atoms. The van der Waals surface area contributed by atoms with E-state index in [1.807, 2.05) is 6.92 Å². The van der Waals surface area contributed by atoms with Crippen LogP contribution < -0.4 is 5.32 Å². The van der Waals surface area contributed by atoms with Crippen LogP contribution in [-0.2, 0) is 9.53 Å².